The second-order valence-electron chi connectivity index (χ2n) is 5.49. The highest BCUT2D eigenvalue weighted by molar-refractivity contribution is 6.11. The Morgan fingerprint density at radius 1 is 1.24 bits per heavy atom. The average Bonchev–Trinajstić information content (AvgIpc) is 3.08. The Kier molecular flexibility index (Phi) is 3.46. The van der Waals surface area contributed by atoms with Gasteiger partial charge in [-0.2, -0.15) is 0 Å². The second-order valence-corrected chi connectivity index (χ2v) is 5.49. The molecule has 3 N–H and O–H groups in total. The van der Waals surface area contributed by atoms with E-state index in [1.54, 1.807) is 25.6 Å². The van der Waals surface area contributed by atoms with Crippen LogP contribution in [0.25, 0.3) is 21.8 Å². The lowest BCUT2D eigenvalue weighted by molar-refractivity contribution is 0.0691. The van der Waals surface area contributed by atoms with Crippen molar-refractivity contribution in [1.29, 1.82) is 0 Å². The minimum absolute atomic E-state index is 0.106. The lowest BCUT2D eigenvalue weighted by atomic mass is 10.2. The van der Waals surface area contributed by atoms with E-state index in [9.17, 15) is 9.90 Å². The van der Waals surface area contributed by atoms with Gasteiger partial charge in [0.15, 0.2) is 0 Å². The topological polar surface area (TPSA) is 100 Å². The second kappa shape index (κ2) is 5.79. The molecule has 0 radical (unpaired) electrons. The number of nitrogens with zero attached hydrogens (tertiary/aromatic N) is 2. The van der Waals surface area contributed by atoms with Crippen LogP contribution in [0, 0.1) is 0 Å². The summed E-state index contributed by atoms with van der Waals surface area (Å²) in [7, 11) is 1.60. The Morgan fingerprint density at radius 3 is 2.92 bits per heavy atom. The number of nitrogens with one attached hydrogen (secondary N) is 2. The molecule has 0 aliphatic heterocycles. The number of carboxylic acid groups (broad SMARTS) is 1. The molecule has 0 aliphatic carbocycles. The number of aromatic nitrogens is 3. The molecule has 0 amide bonds. The van der Waals surface area contributed by atoms with Crippen molar-refractivity contribution in [3.63, 3.8) is 0 Å². The molecule has 0 fully saturated rings. The Hall–Kier alpha value is -3.61. The van der Waals surface area contributed by atoms with Gasteiger partial charge >= 0.3 is 5.97 Å². The van der Waals surface area contributed by atoms with Crippen LogP contribution < -0.4 is 10.1 Å². The van der Waals surface area contributed by atoms with Gasteiger partial charge in [-0.25, -0.2) is 9.78 Å². The van der Waals surface area contributed by atoms with Crippen LogP contribution in [0.4, 0.5) is 11.5 Å². The summed E-state index contributed by atoms with van der Waals surface area (Å²) in [5.41, 5.74) is 2.26. The monoisotopic (exact) mass is 334 g/mol. The van der Waals surface area contributed by atoms with Gasteiger partial charge in [-0.05, 0) is 24.3 Å². The number of carbonyl (C=O) groups is 1. The maximum absolute atomic E-state index is 11.4. The molecule has 3 aromatic heterocycles. The minimum atomic E-state index is -1.02. The van der Waals surface area contributed by atoms with Crippen molar-refractivity contribution in [3.05, 3.63) is 54.5 Å². The Morgan fingerprint density at radius 2 is 2.12 bits per heavy atom. The van der Waals surface area contributed by atoms with Crippen molar-refractivity contribution in [2.45, 2.75) is 0 Å². The summed E-state index contributed by atoms with van der Waals surface area (Å²) >= 11 is 0. The van der Waals surface area contributed by atoms with E-state index in [2.05, 4.69) is 20.3 Å². The molecule has 0 saturated heterocycles. The molecule has 124 valence electrons. The first kappa shape index (κ1) is 14.9. The highest BCUT2D eigenvalue weighted by Crippen LogP contribution is 2.31. The van der Waals surface area contributed by atoms with E-state index in [1.807, 2.05) is 30.3 Å². The van der Waals surface area contributed by atoms with Crippen molar-refractivity contribution < 1.29 is 14.6 Å². The van der Waals surface area contributed by atoms with Gasteiger partial charge in [0.25, 0.3) is 0 Å². The third kappa shape index (κ3) is 2.61. The maximum atomic E-state index is 11.4. The quantitative estimate of drug-likeness (QED) is 0.527. The fourth-order valence-corrected chi connectivity index (χ4v) is 2.77. The number of hydrogen-bond acceptors (Lipinski definition) is 5. The van der Waals surface area contributed by atoms with Gasteiger partial charge in [0.2, 0.25) is 0 Å². The number of benzene rings is 1. The van der Waals surface area contributed by atoms with Gasteiger partial charge in [-0.3, -0.25) is 4.98 Å². The van der Waals surface area contributed by atoms with E-state index in [1.165, 1.54) is 0 Å². The van der Waals surface area contributed by atoms with Crippen molar-refractivity contribution >= 4 is 39.3 Å². The van der Waals surface area contributed by atoms with Crippen LogP contribution in [0.15, 0.2) is 48.8 Å². The van der Waals surface area contributed by atoms with Crippen LogP contribution in [0.5, 0.6) is 5.75 Å². The SMILES string of the molecule is COc1cccc(Nc2nc3cnccc3c3[nH]c(C(=O)O)cc23)c1. The first-order valence-electron chi connectivity index (χ1n) is 7.56. The Labute approximate surface area is 142 Å². The van der Waals surface area contributed by atoms with Crippen LogP contribution >= 0.6 is 0 Å². The zero-order chi connectivity index (χ0) is 17.4. The molecule has 3 heterocycles. The molecule has 4 aromatic rings. The number of aromatic carboxylic acids is 1. The number of pyridine rings is 2. The van der Waals surface area contributed by atoms with Gasteiger partial charge < -0.3 is 20.1 Å². The first-order chi connectivity index (χ1) is 12.2. The predicted molar refractivity (Wildman–Crippen MR) is 94.6 cm³/mol. The summed E-state index contributed by atoms with van der Waals surface area (Å²) < 4.78 is 5.23. The minimum Gasteiger partial charge on any atom is -0.497 e. The van der Waals surface area contributed by atoms with Gasteiger partial charge in [0, 0.05) is 28.7 Å². The number of carboxylic acids is 1. The van der Waals surface area contributed by atoms with E-state index in [4.69, 9.17) is 4.74 Å². The van der Waals surface area contributed by atoms with Crippen LogP contribution in [-0.2, 0) is 0 Å². The molecule has 0 spiro atoms. The summed E-state index contributed by atoms with van der Waals surface area (Å²) in [5, 5.41) is 14.0. The number of rotatable bonds is 4. The number of ether oxygens (including phenoxy) is 1. The molecule has 25 heavy (non-hydrogen) atoms. The highest BCUT2D eigenvalue weighted by Gasteiger charge is 2.15. The molecule has 0 unspecified atom stereocenters. The first-order valence-corrected chi connectivity index (χ1v) is 7.56. The van der Waals surface area contributed by atoms with E-state index in [0.717, 1.165) is 11.1 Å². The zero-order valence-electron chi connectivity index (χ0n) is 13.3. The number of fused-ring (bicyclic) bond motifs is 3. The van der Waals surface area contributed by atoms with E-state index >= 15 is 0 Å². The van der Waals surface area contributed by atoms with Gasteiger partial charge in [-0.1, -0.05) is 6.07 Å². The summed E-state index contributed by atoms with van der Waals surface area (Å²) in [6, 6.07) is 10.8. The summed E-state index contributed by atoms with van der Waals surface area (Å²) in [6.07, 6.45) is 3.30. The molecular weight excluding hydrogens is 320 g/mol. The van der Waals surface area contributed by atoms with Crippen LogP contribution in [-0.4, -0.2) is 33.1 Å². The van der Waals surface area contributed by atoms with Crippen molar-refractivity contribution in [2.24, 2.45) is 0 Å². The van der Waals surface area contributed by atoms with Crippen LogP contribution in [0.2, 0.25) is 0 Å². The number of H-pyrrole nitrogens is 1. The van der Waals surface area contributed by atoms with E-state index in [-0.39, 0.29) is 5.69 Å². The summed E-state index contributed by atoms with van der Waals surface area (Å²) in [6.45, 7) is 0. The Bertz CT molecular complexity index is 1100. The zero-order valence-corrected chi connectivity index (χ0v) is 13.3. The fraction of sp³-hybridized carbons (Fsp3) is 0.0556. The molecule has 4 rings (SSSR count). The largest absolute Gasteiger partial charge is 0.497 e. The Balaban J connectivity index is 1.92. The van der Waals surface area contributed by atoms with E-state index < -0.39 is 5.97 Å². The fourth-order valence-electron chi connectivity index (χ4n) is 2.77. The number of aromatic amines is 1. The molecule has 0 atom stereocenters. The van der Waals surface area contributed by atoms with Gasteiger partial charge in [0.05, 0.1) is 24.3 Å². The molecule has 0 aliphatic rings. The third-order valence-corrected chi connectivity index (χ3v) is 3.94. The summed E-state index contributed by atoms with van der Waals surface area (Å²) in [5.74, 6) is 0.238. The normalized spacial score (nSPS) is 10.9. The molecular formula is C18H14N4O3. The molecule has 7 nitrogen and oxygen atoms in total. The summed E-state index contributed by atoms with van der Waals surface area (Å²) in [4.78, 5) is 23.0. The predicted octanol–water partition coefficient (Wildman–Crippen LogP) is 3.56. The number of hydrogen-bond donors (Lipinski definition) is 3. The smallest absolute Gasteiger partial charge is 0.352 e. The number of methoxy groups -OCH3 is 1. The molecule has 0 bridgehead atoms. The van der Waals surface area contributed by atoms with Crippen molar-refractivity contribution in [2.75, 3.05) is 12.4 Å². The number of anilines is 2. The van der Waals surface area contributed by atoms with Crippen LogP contribution in [0.3, 0.4) is 0 Å². The average molecular weight is 334 g/mol. The van der Waals surface area contributed by atoms with Crippen LogP contribution in [0.1, 0.15) is 10.5 Å². The molecule has 0 saturated carbocycles. The third-order valence-electron chi connectivity index (χ3n) is 3.94. The standard InChI is InChI=1S/C18H14N4O3/c1-25-11-4-2-3-10(7-11)20-17-13-8-14(18(23)24)21-16(13)12-5-6-19-9-15(12)22-17/h2-9,21H,1H3,(H,20,22)(H,23,24). The molecule has 1 aromatic carbocycles. The van der Waals surface area contributed by atoms with Gasteiger partial charge in [0.1, 0.15) is 17.3 Å². The highest BCUT2D eigenvalue weighted by atomic mass is 16.5. The molecule has 7 heteroatoms. The van der Waals surface area contributed by atoms with Crippen molar-refractivity contribution in [1.82, 2.24) is 15.0 Å². The lowest BCUT2D eigenvalue weighted by Gasteiger charge is -2.10. The maximum Gasteiger partial charge on any atom is 0.352 e. The van der Waals surface area contributed by atoms with Crippen molar-refractivity contribution in [3.8, 4) is 5.75 Å². The van der Waals surface area contributed by atoms with E-state index in [0.29, 0.717) is 28.0 Å². The van der Waals surface area contributed by atoms with Gasteiger partial charge in [-0.15, -0.1) is 0 Å². The lowest BCUT2D eigenvalue weighted by Crippen LogP contribution is -1.96.